The maximum absolute atomic E-state index is 13.6. The van der Waals surface area contributed by atoms with Gasteiger partial charge in [0.2, 0.25) is 0 Å². The van der Waals surface area contributed by atoms with E-state index >= 15 is 0 Å². The highest BCUT2D eigenvalue weighted by Crippen LogP contribution is 2.41. The van der Waals surface area contributed by atoms with Crippen LogP contribution in [0.4, 0.5) is 17.6 Å². The van der Waals surface area contributed by atoms with Gasteiger partial charge in [0.1, 0.15) is 53.2 Å². The van der Waals surface area contributed by atoms with Crippen LogP contribution in [0.3, 0.4) is 0 Å². The molecule has 8 aromatic rings. The molecule has 0 radical (unpaired) electrons. The first-order valence-electron chi connectivity index (χ1n) is 34.9. The SMILES string of the molecule is CC(=O)C1=C(C)NC(SCc2ccccn2)=NC1c1ccc(F)cc1Cl.CC(=O)C1=C(C)NC(SCc2cccnc2)=NC1c1ccc(F)cc1Cl.CC1=C(CN2CCOCC2)NC(SCc2ccccn2)=NC1c1ccc(F)cc1Cl.COc1ccc(CSC2=NC(c3ccc(F)cc3Cl)C(C)=C(C)N2)cc1.O=C=O.O=C=O. The number of thioether (sulfide) groups is 4. The van der Waals surface area contributed by atoms with Crippen molar-refractivity contribution in [3.63, 3.8) is 0 Å². The van der Waals surface area contributed by atoms with Gasteiger partial charge >= 0.3 is 12.3 Å². The molecule has 4 N–H and O–H groups in total. The zero-order chi connectivity index (χ0) is 82.4. The minimum atomic E-state index is -0.562. The minimum Gasteiger partial charge on any atom is -0.497 e. The first-order valence-corrected chi connectivity index (χ1v) is 40.4. The van der Waals surface area contributed by atoms with E-state index in [2.05, 4.69) is 58.0 Å². The van der Waals surface area contributed by atoms with Crippen LogP contribution in [0, 0.1) is 23.3 Å². The predicted octanol–water partition coefficient (Wildman–Crippen LogP) is 18.3. The van der Waals surface area contributed by atoms with E-state index in [9.17, 15) is 27.2 Å². The topological polar surface area (TPSA) is 260 Å². The molecule has 32 heteroatoms. The summed E-state index contributed by atoms with van der Waals surface area (Å²) in [6, 6.07) is 39.2. The number of carbonyl (C=O) groups is 2. The Bertz CT molecular complexity index is 4880. The summed E-state index contributed by atoms with van der Waals surface area (Å²) in [6.45, 7) is 16.8. The van der Waals surface area contributed by atoms with Crippen LogP contribution in [0.1, 0.15) is 117 Å². The summed E-state index contributed by atoms with van der Waals surface area (Å²) in [5.74, 6) is 1.92. The first-order chi connectivity index (χ1) is 54.8. The van der Waals surface area contributed by atoms with Gasteiger partial charge in [-0.05, 0) is 173 Å². The third-order valence-electron chi connectivity index (χ3n) is 17.4. The van der Waals surface area contributed by atoms with E-state index in [-0.39, 0.29) is 57.6 Å². The number of carbonyl (C=O) groups excluding carboxylic acids is 6. The van der Waals surface area contributed by atoms with Crippen molar-refractivity contribution >= 4 is 138 Å². The number of halogens is 8. The highest BCUT2D eigenvalue weighted by atomic mass is 35.5. The average molecular weight is 1710 g/mol. The van der Waals surface area contributed by atoms with Crippen LogP contribution in [-0.2, 0) is 56.5 Å². The maximum atomic E-state index is 13.6. The van der Waals surface area contributed by atoms with E-state index in [1.807, 2.05) is 100 Å². The van der Waals surface area contributed by atoms with Crippen LogP contribution in [0.5, 0.6) is 5.75 Å². The van der Waals surface area contributed by atoms with Crippen molar-refractivity contribution in [2.75, 3.05) is 40.0 Å². The van der Waals surface area contributed by atoms with Crippen molar-refractivity contribution in [1.82, 2.24) is 41.1 Å². The number of morpholine rings is 1. The number of pyridine rings is 3. The summed E-state index contributed by atoms with van der Waals surface area (Å²) >= 11 is 31.3. The molecule has 114 heavy (non-hydrogen) atoms. The Hall–Kier alpha value is -9.51. The number of nitrogens with zero attached hydrogens (tertiary/aromatic N) is 8. The van der Waals surface area contributed by atoms with Crippen molar-refractivity contribution in [3.8, 4) is 5.75 Å². The highest BCUT2D eigenvalue weighted by molar-refractivity contribution is 8.14. The standard InChI is InChI=1S/C22H24ClFN4OS.C20H20ClFN2OS.2C19H17ClFN3OS.2CO2/c1-15-20(13-28-8-10-29-11-9-28)26-22(30-14-17-4-2-3-7-25-17)27-21(15)18-6-5-16(24)12-19(18)23;1-12-13(2)23-20(26-11-14-4-7-16(25-3)8-5-14)24-19(12)17-9-6-15(22)10-18(17)21;1-11-17(12(2)25)18(15-6-5-14(21)8-16(15)20)24-19(23-11)26-10-13-4-3-7-22-9-13;1-11-17(12(2)25)18(15-7-6-13(21)9-16(15)20)24-19(23-11)26-10-14-5-3-4-8-22-14;2*2-1-3/h2-7,12,21H,8-11,13-14H2,1H3,(H,26,27);4-10,19H,11H2,1-3H3,(H,23,24);2*3-9,18H,10H2,1-2H3,(H,23,24);;. The number of ether oxygens (including phenoxy) is 2. The molecule has 5 aromatic carbocycles. The number of aromatic nitrogens is 3. The van der Waals surface area contributed by atoms with Crippen molar-refractivity contribution in [2.24, 2.45) is 20.0 Å². The number of rotatable bonds is 17. The van der Waals surface area contributed by atoms with Gasteiger partial charge in [0.05, 0.1) is 31.7 Å². The lowest BCUT2D eigenvalue weighted by Crippen LogP contribution is -2.41. The van der Waals surface area contributed by atoms with E-state index in [0.29, 0.717) is 59.9 Å². The van der Waals surface area contributed by atoms with Crippen molar-refractivity contribution < 1.29 is 55.8 Å². The quantitative estimate of drug-likeness (QED) is 0.0618. The van der Waals surface area contributed by atoms with E-state index in [4.69, 9.17) is 85.0 Å². The molecule has 4 unspecified atom stereocenters. The summed E-state index contributed by atoms with van der Waals surface area (Å²) in [5.41, 5.74) is 13.8. The lowest BCUT2D eigenvalue weighted by atomic mass is 9.94. The monoisotopic (exact) mass is 1700 g/mol. The van der Waals surface area contributed by atoms with Crippen molar-refractivity contribution in [1.29, 1.82) is 0 Å². The third-order valence-corrected chi connectivity index (χ3v) is 22.5. The van der Waals surface area contributed by atoms with Gasteiger partial charge in [0.25, 0.3) is 0 Å². The Balaban J connectivity index is 0.000000186. The molecule has 8 heterocycles. The van der Waals surface area contributed by atoms with Crippen LogP contribution in [0.15, 0.2) is 235 Å². The Morgan fingerprint density at radius 1 is 0.482 bits per heavy atom. The second kappa shape index (κ2) is 45.5. The number of benzene rings is 5. The summed E-state index contributed by atoms with van der Waals surface area (Å²) in [6.07, 6.45) is 7.56. The van der Waals surface area contributed by atoms with E-state index in [1.165, 1.54) is 91.5 Å². The van der Waals surface area contributed by atoms with Crippen molar-refractivity contribution in [2.45, 2.75) is 95.6 Å². The lowest BCUT2D eigenvalue weighted by molar-refractivity contribution is -0.193. The van der Waals surface area contributed by atoms with Gasteiger partial charge in [-0.2, -0.15) is 19.2 Å². The second-order valence-corrected chi connectivity index (χ2v) is 30.7. The molecule has 0 saturated carbocycles. The summed E-state index contributed by atoms with van der Waals surface area (Å²) < 4.78 is 64.5. The molecule has 594 valence electrons. The lowest BCUT2D eigenvalue weighted by Gasteiger charge is -2.32. The fourth-order valence-corrected chi connectivity index (χ4v) is 16.3. The van der Waals surface area contributed by atoms with Crippen LogP contribution < -0.4 is 26.0 Å². The number of hydrogen-bond donors (Lipinski definition) is 4. The summed E-state index contributed by atoms with van der Waals surface area (Å²) in [4.78, 5) is 91.0. The van der Waals surface area contributed by atoms with E-state index in [1.54, 1.807) is 79.7 Å². The fraction of sp³-hybridized carbons (Fsp3) is 0.256. The van der Waals surface area contributed by atoms with Gasteiger partial charge in [-0.3, -0.25) is 29.4 Å². The maximum Gasteiger partial charge on any atom is 0.373 e. The van der Waals surface area contributed by atoms with Gasteiger partial charge in [-0.25, -0.2) is 37.5 Å². The molecule has 1 saturated heterocycles. The van der Waals surface area contributed by atoms with Crippen LogP contribution >= 0.6 is 93.5 Å². The summed E-state index contributed by atoms with van der Waals surface area (Å²) in [7, 11) is 1.66. The number of methoxy groups -OCH3 is 1. The van der Waals surface area contributed by atoms with Gasteiger partial charge in [-0.1, -0.05) is 148 Å². The molecule has 20 nitrogen and oxygen atoms in total. The normalized spacial score (nSPS) is 17.0. The molecule has 0 bridgehead atoms. The van der Waals surface area contributed by atoms with Crippen LogP contribution in [0.2, 0.25) is 20.1 Å². The van der Waals surface area contributed by atoms with Gasteiger partial charge < -0.3 is 30.7 Å². The number of allylic oxidation sites excluding steroid dienone is 3. The smallest absolute Gasteiger partial charge is 0.373 e. The predicted molar refractivity (Wildman–Crippen MR) is 445 cm³/mol. The van der Waals surface area contributed by atoms with Gasteiger partial charge in [-0.15, -0.1) is 0 Å². The number of Topliss-reactive ketones (excluding diaryl/α,β-unsaturated/α-hetero) is 2. The first kappa shape index (κ1) is 90.0. The average Bonchev–Trinajstić information content (AvgIpc) is 0.796. The van der Waals surface area contributed by atoms with Crippen molar-refractivity contribution in [3.05, 3.63) is 304 Å². The number of ketones is 2. The molecular weight excluding hydrogens is 1630 g/mol. The Morgan fingerprint density at radius 3 is 1.25 bits per heavy atom. The molecule has 5 aliphatic rings. The van der Waals surface area contributed by atoms with E-state index in [0.717, 1.165) is 117 Å². The Morgan fingerprint density at radius 2 is 0.868 bits per heavy atom. The van der Waals surface area contributed by atoms with Crippen LogP contribution in [0.25, 0.3) is 0 Å². The Kier molecular flexibility index (Phi) is 36.0. The molecule has 13 rings (SSSR count). The molecule has 0 aliphatic carbocycles. The number of nitrogens with one attached hydrogen (secondary N) is 4. The van der Waals surface area contributed by atoms with Gasteiger partial charge in [0, 0.05) is 133 Å². The molecule has 0 amide bonds. The number of amidine groups is 4. The third kappa shape index (κ3) is 26.8. The molecule has 1 fully saturated rings. The van der Waals surface area contributed by atoms with E-state index < -0.39 is 23.7 Å². The fourth-order valence-electron chi connectivity index (χ4n) is 11.7. The molecule has 0 spiro atoms. The largest absolute Gasteiger partial charge is 0.497 e. The molecule has 4 atom stereocenters. The zero-order valence-electron chi connectivity index (χ0n) is 62.8. The minimum absolute atomic E-state index is 0.0968. The number of hydrogen-bond acceptors (Lipinski definition) is 24. The number of aliphatic imine (C=N–C) groups is 4. The highest BCUT2D eigenvalue weighted by Gasteiger charge is 2.32. The molecule has 5 aliphatic heterocycles. The van der Waals surface area contributed by atoms with Gasteiger partial charge in [0.15, 0.2) is 32.2 Å². The zero-order valence-corrected chi connectivity index (χ0v) is 69.1. The van der Waals surface area contributed by atoms with Crippen LogP contribution in [-0.4, -0.2) is 104 Å². The molecule has 3 aromatic heterocycles. The Labute approximate surface area is 694 Å². The molecular formula is C82H78Cl4F4N12O8S4. The summed E-state index contributed by atoms with van der Waals surface area (Å²) in [5, 5.41) is 17.5. The second-order valence-electron chi connectivity index (χ2n) is 25.2.